The number of hydrogen-bond donors (Lipinski definition) is 3. The van der Waals surface area contributed by atoms with Gasteiger partial charge in [0.15, 0.2) is 0 Å². The Morgan fingerprint density at radius 2 is 1.68 bits per heavy atom. The number of benzene rings is 2. The number of rotatable bonds is 9. The molecule has 0 spiro atoms. The number of para-hydroxylation sites is 1. The van der Waals surface area contributed by atoms with E-state index in [0.29, 0.717) is 12.1 Å². The molecule has 0 atom stereocenters. The zero-order chi connectivity index (χ0) is 22.2. The fraction of sp³-hybridized carbons (Fsp3) is 0.280. The third-order valence-corrected chi connectivity index (χ3v) is 5.52. The number of likely N-dealkylation sites (N-methyl/N-ethyl adjacent to an activating group) is 1. The van der Waals surface area contributed by atoms with Crippen LogP contribution in [0.15, 0.2) is 66.5 Å². The average molecular weight is 420 g/mol. The summed E-state index contributed by atoms with van der Waals surface area (Å²) in [7, 11) is 1.97. The van der Waals surface area contributed by atoms with Gasteiger partial charge in [0.25, 0.3) is 11.8 Å². The Bertz CT molecular complexity index is 1070. The van der Waals surface area contributed by atoms with E-state index in [1.807, 2.05) is 48.1 Å². The molecule has 31 heavy (non-hydrogen) atoms. The molecule has 0 unspecified atom stereocenters. The first-order chi connectivity index (χ1) is 15.0. The number of nitrogens with zero attached hydrogens (tertiary/aromatic N) is 1. The van der Waals surface area contributed by atoms with Crippen LogP contribution in [0.3, 0.4) is 0 Å². The number of carbonyl (C=O) groups excluding carboxylic acids is 2. The van der Waals surface area contributed by atoms with Crippen LogP contribution in [0, 0.1) is 0 Å². The summed E-state index contributed by atoms with van der Waals surface area (Å²) in [6.07, 6.45) is 3.72. The van der Waals surface area contributed by atoms with Crippen LogP contribution in [-0.4, -0.2) is 42.6 Å². The molecule has 0 fully saturated rings. The molecule has 2 aromatic carbocycles. The summed E-state index contributed by atoms with van der Waals surface area (Å²) in [5, 5.41) is 6.80. The second-order valence-electron chi connectivity index (χ2n) is 7.55. The molecule has 0 aliphatic carbocycles. The molecule has 6 nitrogen and oxygen atoms in total. The highest BCUT2D eigenvalue weighted by molar-refractivity contribution is 6.06. The van der Waals surface area contributed by atoms with Gasteiger partial charge in [-0.05, 0) is 38.1 Å². The number of nitrogens with one attached hydrogen (secondary N) is 3. The molecular formula is C25H31N4O2+. The molecule has 1 aromatic heterocycles. The molecule has 162 valence electrons. The van der Waals surface area contributed by atoms with Gasteiger partial charge < -0.3 is 20.1 Å². The summed E-state index contributed by atoms with van der Waals surface area (Å²) in [6.45, 7) is 7.67. The van der Waals surface area contributed by atoms with Crippen molar-refractivity contribution in [2.24, 2.45) is 7.05 Å². The lowest BCUT2D eigenvalue weighted by atomic mass is 10.1. The molecule has 0 saturated heterocycles. The lowest BCUT2D eigenvalue weighted by Crippen LogP contribution is -3.12. The number of fused-ring (bicyclic) bond motifs is 1. The zero-order valence-corrected chi connectivity index (χ0v) is 18.4. The number of carbonyl (C=O) groups is 2. The van der Waals surface area contributed by atoms with E-state index < -0.39 is 0 Å². The third kappa shape index (κ3) is 5.61. The van der Waals surface area contributed by atoms with Crippen molar-refractivity contribution in [3.05, 3.63) is 77.6 Å². The van der Waals surface area contributed by atoms with Crippen molar-refractivity contribution in [3.8, 4) is 0 Å². The van der Waals surface area contributed by atoms with E-state index in [1.54, 1.807) is 30.3 Å². The first-order valence-electron chi connectivity index (χ1n) is 10.8. The van der Waals surface area contributed by atoms with Gasteiger partial charge in [-0.3, -0.25) is 9.59 Å². The first kappa shape index (κ1) is 22.3. The molecule has 0 aliphatic heterocycles. The highest BCUT2D eigenvalue weighted by Crippen LogP contribution is 2.22. The van der Waals surface area contributed by atoms with E-state index in [-0.39, 0.29) is 17.5 Å². The van der Waals surface area contributed by atoms with Crippen molar-refractivity contribution in [2.75, 3.05) is 26.2 Å². The van der Waals surface area contributed by atoms with Crippen molar-refractivity contribution in [1.29, 1.82) is 0 Å². The maximum Gasteiger partial charge on any atom is 0.268 e. The van der Waals surface area contributed by atoms with E-state index >= 15 is 0 Å². The topological polar surface area (TPSA) is 67.6 Å². The van der Waals surface area contributed by atoms with Crippen LogP contribution in [0.2, 0.25) is 0 Å². The monoisotopic (exact) mass is 419 g/mol. The quantitative estimate of drug-likeness (QED) is 0.465. The predicted octanol–water partition coefficient (Wildman–Crippen LogP) is 1.99. The molecular weight excluding hydrogens is 388 g/mol. The molecule has 0 radical (unpaired) electrons. The standard InChI is InChI=1S/C25H30N4O2/c1-4-29(5-2)16-15-26-25(31)22(27-24(30)19-11-7-6-8-12-19)17-20-18-28(3)23-14-10-9-13-21(20)23/h6-14,17-18H,4-5,15-16H2,1-3H3,(H,26,31)(H,27,30)/p+1/b22-17-. The Balaban J connectivity index is 1.87. The van der Waals surface area contributed by atoms with Crippen LogP contribution in [-0.2, 0) is 11.8 Å². The molecule has 3 N–H and O–H groups in total. The van der Waals surface area contributed by atoms with E-state index in [2.05, 4.69) is 24.5 Å². The second kappa shape index (κ2) is 10.6. The van der Waals surface area contributed by atoms with Gasteiger partial charge in [0.2, 0.25) is 0 Å². The third-order valence-electron chi connectivity index (χ3n) is 5.52. The van der Waals surface area contributed by atoms with E-state index in [1.165, 1.54) is 4.90 Å². The van der Waals surface area contributed by atoms with Crippen molar-refractivity contribution in [3.63, 3.8) is 0 Å². The average Bonchev–Trinajstić information content (AvgIpc) is 3.12. The minimum atomic E-state index is -0.309. The maximum absolute atomic E-state index is 13.0. The molecule has 0 bridgehead atoms. The van der Waals surface area contributed by atoms with E-state index in [9.17, 15) is 9.59 Å². The van der Waals surface area contributed by atoms with Gasteiger partial charge in [-0.25, -0.2) is 0 Å². The number of aromatic nitrogens is 1. The first-order valence-corrected chi connectivity index (χ1v) is 10.8. The van der Waals surface area contributed by atoms with E-state index in [4.69, 9.17) is 0 Å². The molecule has 1 heterocycles. The van der Waals surface area contributed by atoms with Crippen molar-refractivity contribution in [2.45, 2.75) is 13.8 Å². The van der Waals surface area contributed by atoms with Crippen molar-refractivity contribution >= 4 is 28.8 Å². The van der Waals surface area contributed by atoms with Gasteiger partial charge in [-0.1, -0.05) is 36.4 Å². The van der Waals surface area contributed by atoms with Gasteiger partial charge in [0.05, 0.1) is 26.2 Å². The summed E-state index contributed by atoms with van der Waals surface area (Å²) in [5.41, 5.74) is 2.69. The molecule has 2 amide bonds. The summed E-state index contributed by atoms with van der Waals surface area (Å²) in [5.74, 6) is -0.597. The van der Waals surface area contributed by atoms with Crippen LogP contribution in [0.4, 0.5) is 0 Å². The highest BCUT2D eigenvalue weighted by Gasteiger charge is 2.16. The largest absolute Gasteiger partial charge is 0.350 e. The molecule has 0 saturated carbocycles. The molecule has 0 aliphatic rings. The number of amides is 2. The lowest BCUT2D eigenvalue weighted by Gasteiger charge is -2.16. The van der Waals surface area contributed by atoms with Crippen LogP contribution >= 0.6 is 0 Å². The summed E-state index contributed by atoms with van der Waals surface area (Å²) in [4.78, 5) is 27.2. The fourth-order valence-corrected chi connectivity index (χ4v) is 3.64. The Hall–Kier alpha value is -3.38. The lowest BCUT2D eigenvalue weighted by molar-refractivity contribution is -0.895. The van der Waals surface area contributed by atoms with Crippen molar-refractivity contribution < 1.29 is 14.5 Å². The molecule has 3 aromatic rings. The Labute approximate surface area is 183 Å². The molecule has 3 rings (SSSR count). The summed E-state index contributed by atoms with van der Waals surface area (Å²) < 4.78 is 2.01. The number of aryl methyl sites for hydroxylation is 1. The Kier molecular flexibility index (Phi) is 7.62. The molecule has 6 heteroatoms. The van der Waals surface area contributed by atoms with Gasteiger partial charge in [-0.2, -0.15) is 0 Å². The van der Waals surface area contributed by atoms with Gasteiger partial charge in [-0.15, -0.1) is 0 Å². The second-order valence-corrected chi connectivity index (χ2v) is 7.55. The van der Waals surface area contributed by atoms with Crippen LogP contribution in [0.25, 0.3) is 17.0 Å². The highest BCUT2D eigenvalue weighted by atomic mass is 16.2. The Morgan fingerprint density at radius 3 is 2.39 bits per heavy atom. The SMILES string of the molecule is CC[NH+](CC)CCNC(=O)/C(=C/c1cn(C)c2ccccc12)NC(=O)c1ccccc1. The Morgan fingerprint density at radius 1 is 1.00 bits per heavy atom. The number of quaternary nitrogens is 1. The van der Waals surface area contributed by atoms with Gasteiger partial charge >= 0.3 is 0 Å². The zero-order valence-electron chi connectivity index (χ0n) is 18.4. The minimum Gasteiger partial charge on any atom is -0.350 e. The maximum atomic E-state index is 13.0. The van der Waals surface area contributed by atoms with Crippen molar-refractivity contribution in [1.82, 2.24) is 15.2 Å². The van der Waals surface area contributed by atoms with Crippen LogP contribution in [0.1, 0.15) is 29.8 Å². The number of hydrogen-bond acceptors (Lipinski definition) is 2. The smallest absolute Gasteiger partial charge is 0.268 e. The predicted molar refractivity (Wildman–Crippen MR) is 125 cm³/mol. The fourth-order valence-electron chi connectivity index (χ4n) is 3.64. The minimum absolute atomic E-state index is 0.236. The summed E-state index contributed by atoms with van der Waals surface area (Å²) in [6, 6.07) is 16.9. The van der Waals surface area contributed by atoms with Gasteiger partial charge in [0.1, 0.15) is 5.70 Å². The van der Waals surface area contributed by atoms with Crippen LogP contribution in [0.5, 0.6) is 0 Å². The summed E-state index contributed by atoms with van der Waals surface area (Å²) >= 11 is 0. The van der Waals surface area contributed by atoms with Gasteiger partial charge in [0, 0.05) is 35.3 Å². The van der Waals surface area contributed by atoms with E-state index in [0.717, 1.165) is 36.1 Å². The van der Waals surface area contributed by atoms with Crippen LogP contribution < -0.4 is 15.5 Å². The normalized spacial score (nSPS) is 11.7.